The lowest BCUT2D eigenvalue weighted by Gasteiger charge is -2.39. The minimum Gasteiger partial charge on any atom is -0.412 e. The summed E-state index contributed by atoms with van der Waals surface area (Å²) >= 11 is 0. The fraction of sp³-hybridized carbons (Fsp3) is 0.0968. The van der Waals surface area contributed by atoms with E-state index in [1.54, 1.807) is 0 Å². The molecule has 0 amide bonds. The Kier molecular flexibility index (Phi) is 5.95. The van der Waals surface area contributed by atoms with Crippen LogP contribution in [0.3, 0.4) is 0 Å². The zero-order valence-electron chi connectivity index (χ0n) is 19.1. The molecule has 1 aliphatic rings. The van der Waals surface area contributed by atoms with E-state index < -0.39 is 8.32 Å². The van der Waals surface area contributed by atoms with Crippen molar-refractivity contribution >= 4 is 24.7 Å². The molecular weight excluding hydrogens is 416 g/mol. The van der Waals surface area contributed by atoms with E-state index >= 15 is 0 Å². The summed E-state index contributed by atoms with van der Waals surface area (Å²) in [4.78, 5) is 0. The van der Waals surface area contributed by atoms with Gasteiger partial charge in [0.25, 0.3) is 0 Å². The Bertz CT molecular complexity index is 1280. The van der Waals surface area contributed by atoms with Gasteiger partial charge in [-0.1, -0.05) is 127 Å². The number of hydrogen-bond acceptors (Lipinski definition) is 1. The first-order valence-corrected chi connectivity index (χ1v) is 13.9. The molecule has 2 heteroatoms. The van der Waals surface area contributed by atoms with E-state index in [-0.39, 0.29) is 5.92 Å². The highest BCUT2D eigenvalue weighted by Gasteiger charge is 2.42. The fourth-order valence-electron chi connectivity index (χ4n) is 5.03. The maximum Gasteiger partial charge on any atom is 0.246 e. The van der Waals surface area contributed by atoms with E-state index in [1.807, 2.05) is 7.11 Å². The summed E-state index contributed by atoms with van der Waals surface area (Å²) in [5.41, 5.74) is 10.2. The molecule has 0 saturated heterocycles. The third kappa shape index (κ3) is 4.04. The largest absolute Gasteiger partial charge is 0.412 e. The summed E-state index contributed by atoms with van der Waals surface area (Å²) < 4.78 is 6.44. The van der Waals surface area contributed by atoms with Crippen LogP contribution in [0.15, 0.2) is 127 Å². The lowest BCUT2D eigenvalue weighted by Crippen LogP contribution is -2.38. The van der Waals surface area contributed by atoms with Crippen LogP contribution >= 0.6 is 0 Å². The van der Waals surface area contributed by atoms with Gasteiger partial charge in [-0.2, -0.15) is 0 Å². The highest BCUT2D eigenvalue weighted by molar-refractivity contribution is 6.97. The van der Waals surface area contributed by atoms with E-state index in [4.69, 9.17) is 4.43 Å². The minimum absolute atomic E-state index is 0.113. The molecule has 1 heterocycles. The van der Waals surface area contributed by atoms with Crippen molar-refractivity contribution in [3.8, 4) is 0 Å². The molecular formula is C31H28OSi. The van der Waals surface area contributed by atoms with Crippen LogP contribution in [0.4, 0.5) is 0 Å². The van der Waals surface area contributed by atoms with Crippen molar-refractivity contribution in [1.82, 2.24) is 0 Å². The van der Waals surface area contributed by atoms with Gasteiger partial charge < -0.3 is 4.43 Å². The van der Waals surface area contributed by atoms with Gasteiger partial charge in [-0.15, -0.1) is 0 Å². The van der Waals surface area contributed by atoms with Crippen molar-refractivity contribution in [2.45, 2.75) is 12.5 Å². The van der Waals surface area contributed by atoms with Crippen molar-refractivity contribution in [1.29, 1.82) is 0 Å². The molecule has 2 unspecified atom stereocenters. The Morgan fingerprint density at radius 1 is 0.576 bits per heavy atom. The lowest BCUT2D eigenvalue weighted by molar-refractivity contribution is 0.421. The molecule has 0 aromatic heterocycles. The van der Waals surface area contributed by atoms with Crippen LogP contribution in [0.5, 0.6) is 0 Å². The fourth-order valence-corrected chi connectivity index (χ4v) is 7.98. The van der Waals surface area contributed by atoms with E-state index in [0.29, 0.717) is 0 Å². The Labute approximate surface area is 197 Å². The summed E-state index contributed by atoms with van der Waals surface area (Å²) in [5, 5.41) is 1.35. The average molecular weight is 445 g/mol. The van der Waals surface area contributed by atoms with Gasteiger partial charge in [0.2, 0.25) is 8.32 Å². The van der Waals surface area contributed by atoms with Gasteiger partial charge in [-0.05, 0) is 45.1 Å². The molecule has 0 aliphatic carbocycles. The number of allylic oxidation sites excluding steroid dienone is 2. The molecule has 0 fully saturated rings. The number of rotatable bonds is 5. The Balaban J connectivity index is 1.89. The molecule has 0 spiro atoms. The molecule has 4 aromatic carbocycles. The van der Waals surface area contributed by atoms with Crippen molar-refractivity contribution in [2.24, 2.45) is 0 Å². The number of benzene rings is 4. The van der Waals surface area contributed by atoms with Crippen LogP contribution in [0.1, 0.15) is 28.2 Å². The molecule has 2 atom stereocenters. The maximum absolute atomic E-state index is 6.44. The molecule has 0 bridgehead atoms. The molecule has 33 heavy (non-hydrogen) atoms. The molecule has 4 aromatic rings. The summed E-state index contributed by atoms with van der Waals surface area (Å²) in [6, 6.07) is 43.3. The normalized spacial score (nSPS) is 20.4. The predicted octanol–water partition coefficient (Wildman–Crippen LogP) is 7.78. The average Bonchev–Trinajstić information content (AvgIpc) is 2.90. The highest BCUT2D eigenvalue weighted by atomic mass is 28.4. The van der Waals surface area contributed by atoms with E-state index in [1.165, 1.54) is 38.6 Å². The van der Waals surface area contributed by atoms with E-state index in [0.717, 1.165) is 0 Å². The predicted molar refractivity (Wildman–Crippen MR) is 142 cm³/mol. The van der Waals surface area contributed by atoms with Gasteiger partial charge in [-0.25, -0.2) is 0 Å². The molecule has 1 nitrogen and oxygen atoms in total. The topological polar surface area (TPSA) is 9.23 Å². The van der Waals surface area contributed by atoms with Crippen LogP contribution in [-0.4, -0.2) is 15.4 Å². The molecule has 0 N–H and O–H groups in total. The minimum atomic E-state index is -2.43. The first-order valence-electron chi connectivity index (χ1n) is 11.4. The summed E-state index contributed by atoms with van der Waals surface area (Å²) in [5.74, 6) is 0.113. The standard InChI is InChI=1S/C31H28OSi/c1-32-33(2)23-28(24-15-7-3-8-16-24)29(25-17-9-4-10-18-25)30(26-19-11-5-12-20-26)31(33)27-21-13-6-14-22-27/h3-23,29H,1-2H3. The Hall–Kier alpha value is -3.46. The van der Waals surface area contributed by atoms with Crippen LogP contribution in [0.2, 0.25) is 6.55 Å². The van der Waals surface area contributed by atoms with Crippen molar-refractivity contribution < 1.29 is 4.43 Å². The molecule has 1 aliphatic heterocycles. The van der Waals surface area contributed by atoms with Crippen molar-refractivity contribution in [3.05, 3.63) is 149 Å². The summed E-state index contributed by atoms with van der Waals surface area (Å²) in [6.45, 7) is 2.32. The molecule has 5 rings (SSSR count). The molecule has 162 valence electrons. The van der Waals surface area contributed by atoms with Gasteiger partial charge in [0, 0.05) is 13.0 Å². The third-order valence-corrected chi connectivity index (χ3v) is 9.87. The first kappa shape index (κ1) is 21.4. The van der Waals surface area contributed by atoms with Crippen molar-refractivity contribution in [3.63, 3.8) is 0 Å². The van der Waals surface area contributed by atoms with Gasteiger partial charge in [-0.3, -0.25) is 0 Å². The van der Waals surface area contributed by atoms with Gasteiger partial charge in [0.1, 0.15) is 0 Å². The smallest absolute Gasteiger partial charge is 0.246 e. The molecule has 0 saturated carbocycles. The molecule has 0 radical (unpaired) electrons. The summed E-state index contributed by atoms with van der Waals surface area (Å²) in [7, 11) is -0.555. The summed E-state index contributed by atoms with van der Waals surface area (Å²) in [6.07, 6.45) is 0. The second-order valence-electron chi connectivity index (χ2n) is 8.64. The van der Waals surface area contributed by atoms with Gasteiger partial charge >= 0.3 is 0 Å². The zero-order valence-corrected chi connectivity index (χ0v) is 20.1. The van der Waals surface area contributed by atoms with Crippen molar-refractivity contribution in [2.75, 3.05) is 7.11 Å². The second-order valence-corrected chi connectivity index (χ2v) is 12.1. The lowest BCUT2D eigenvalue weighted by atomic mass is 9.78. The highest BCUT2D eigenvalue weighted by Crippen LogP contribution is 2.52. The van der Waals surface area contributed by atoms with Crippen LogP contribution in [-0.2, 0) is 4.43 Å². The van der Waals surface area contributed by atoms with E-state index in [9.17, 15) is 0 Å². The monoisotopic (exact) mass is 444 g/mol. The SMILES string of the molecule is CO[Si]1(C)C=C(c2ccccc2)C(c2ccccc2)C(c2ccccc2)=C1c1ccccc1. The first-order chi connectivity index (χ1) is 16.2. The van der Waals surface area contributed by atoms with Crippen LogP contribution in [0.25, 0.3) is 16.3 Å². The quantitative estimate of drug-likeness (QED) is 0.286. The zero-order chi connectivity index (χ0) is 22.7. The third-order valence-electron chi connectivity index (χ3n) is 6.61. The second kappa shape index (κ2) is 9.19. The van der Waals surface area contributed by atoms with Crippen LogP contribution < -0.4 is 0 Å². The van der Waals surface area contributed by atoms with Gasteiger partial charge in [0.05, 0.1) is 0 Å². The van der Waals surface area contributed by atoms with Crippen LogP contribution in [0, 0.1) is 0 Å². The van der Waals surface area contributed by atoms with Gasteiger partial charge in [0.15, 0.2) is 0 Å². The maximum atomic E-state index is 6.44. The number of hydrogen-bond donors (Lipinski definition) is 0. The Morgan fingerprint density at radius 2 is 1.03 bits per heavy atom. The Morgan fingerprint density at radius 3 is 1.55 bits per heavy atom. The van der Waals surface area contributed by atoms with E-state index in [2.05, 4.69) is 134 Å².